The smallest absolute Gasteiger partial charge is 0.336 e. The van der Waals surface area contributed by atoms with Crippen molar-refractivity contribution in [1.29, 1.82) is 0 Å². The molecule has 0 saturated carbocycles. The zero-order valence-corrected chi connectivity index (χ0v) is 17.6. The maximum absolute atomic E-state index is 12.2. The first kappa shape index (κ1) is 20.5. The van der Waals surface area contributed by atoms with Gasteiger partial charge in [0.05, 0.1) is 25.9 Å². The van der Waals surface area contributed by atoms with Crippen molar-refractivity contribution in [2.45, 2.75) is 4.58 Å². The molecule has 3 rings (SSSR count). The molecule has 0 unspecified atom stereocenters. The highest BCUT2D eigenvalue weighted by atomic mass is 32.2. The van der Waals surface area contributed by atoms with Crippen LogP contribution in [0.15, 0.2) is 42.5 Å². The Morgan fingerprint density at radius 3 is 2.11 bits per heavy atom. The number of hydrogen-bond acceptors (Lipinski definition) is 7. The van der Waals surface area contributed by atoms with Gasteiger partial charge in [-0.1, -0.05) is 12.1 Å². The molecule has 0 N–H and O–H groups in total. The Labute approximate surface area is 173 Å². The first-order valence-corrected chi connectivity index (χ1v) is 10.8. The third kappa shape index (κ3) is 4.97. The van der Waals surface area contributed by atoms with Crippen molar-refractivity contribution in [2.75, 3.05) is 32.8 Å². The number of rotatable bonds is 7. The standard InChI is InChI=1S/C21H22O5S2/c1-23-17-12-14(13-18(24-2)20(17)25-3)4-9-19(22)26-16-7-5-15(6-8-16)21-27-10-11-28-21/h4-9,12-13,21H,10-11H2,1-3H3/b9-4+. The molecule has 1 aliphatic rings. The Kier molecular flexibility index (Phi) is 7.17. The van der Waals surface area contributed by atoms with Gasteiger partial charge in [0.15, 0.2) is 11.5 Å². The Balaban J connectivity index is 1.66. The second kappa shape index (κ2) is 9.80. The molecule has 1 fully saturated rings. The van der Waals surface area contributed by atoms with E-state index in [1.807, 2.05) is 47.8 Å². The van der Waals surface area contributed by atoms with Crippen molar-refractivity contribution in [2.24, 2.45) is 0 Å². The lowest BCUT2D eigenvalue weighted by Gasteiger charge is -2.12. The van der Waals surface area contributed by atoms with Gasteiger partial charge < -0.3 is 18.9 Å². The monoisotopic (exact) mass is 418 g/mol. The summed E-state index contributed by atoms with van der Waals surface area (Å²) in [6.07, 6.45) is 3.02. The first-order chi connectivity index (χ1) is 13.6. The fraction of sp³-hybridized carbons (Fsp3) is 0.286. The summed E-state index contributed by atoms with van der Waals surface area (Å²) in [5.74, 6) is 3.97. The van der Waals surface area contributed by atoms with Crippen molar-refractivity contribution in [3.05, 3.63) is 53.6 Å². The lowest BCUT2D eigenvalue weighted by molar-refractivity contribution is -0.128. The lowest BCUT2D eigenvalue weighted by atomic mass is 10.1. The van der Waals surface area contributed by atoms with E-state index in [4.69, 9.17) is 18.9 Å². The molecule has 2 aromatic carbocycles. The highest BCUT2D eigenvalue weighted by molar-refractivity contribution is 8.19. The predicted octanol–water partition coefficient (Wildman–Crippen LogP) is 4.81. The minimum absolute atomic E-state index is 0.453. The summed E-state index contributed by atoms with van der Waals surface area (Å²) in [5.41, 5.74) is 1.98. The number of esters is 1. The molecule has 0 aromatic heterocycles. The van der Waals surface area contributed by atoms with Gasteiger partial charge in [-0.2, -0.15) is 0 Å². The highest BCUT2D eigenvalue weighted by Gasteiger charge is 2.18. The van der Waals surface area contributed by atoms with Gasteiger partial charge in [-0.3, -0.25) is 0 Å². The van der Waals surface area contributed by atoms with Crippen molar-refractivity contribution < 1.29 is 23.7 Å². The molecule has 0 atom stereocenters. The van der Waals surface area contributed by atoms with E-state index < -0.39 is 5.97 Å². The van der Waals surface area contributed by atoms with Crippen LogP contribution in [0.4, 0.5) is 0 Å². The molecule has 28 heavy (non-hydrogen) atoms. The number of methoxy groups -OCH3 is 3. The van der Waals surface area contributed by atoms with E-state index in [0.717, 1.165) is 5.56 Å². The number of thioether (sulfide) groups is 2. The topological polar surface area (TPSA) is 54.0 Å². The Morgan fingerprint density at radius 1 is 0.964 bits per heavy atom. The molecule has 148 valence electrons. The van der Waals surface area contributed by atoms with Crippen LogP contribution < -0.4 is 18.9 Å². The van der Waals surface area contributed by atoms with Crippen LogP contribution in [-0.2, 0) is 4.79 Å². The van der Waals surface area contributed by atoms with Gasteiger partial charge in [0.1, 0.15) is 5.75 Å². The molecule has 0 spiro atoms. The molecule has 7 heteroatoms. The van der Waals surface area contributed by atoms with Gasteiger partial charge in [0.2, 0.25) is 5.75 Å². The maximum atomic E-state index is 12.2. The summed E-state index contributed by atoms with van der Waals surface area (Å²) in [6, 6.07) is 11.2. The van der Waals surface area contributed by atoms with Crippen LogP contribution in [0.3, 0.4) is 0 Å². The normalized spacial score (nSPS) is 14.2. The van der Waals surface area contributed by atoms with E-state index in [-0.39, 0.29) is 0 Å². The quantitative estimate of drug-likeness (QED) is 0.363. The molecule has 1 aliphatic heterocycles. The maximum Gasteiger partial charge on any atom is 0.336 e. The first-order valence-electron chi connectivity index (χ1n) is 8.67. The van der Waals surface area contributed by atoms with Gasteiger partial charge >= 0.3 is 5.97 Å². The van der Waals surface area contributed by atoms with Crippen LogP contribution in [0, 0.1) is 0 Å². The number of benzene rings is 2. The van der Waals surface area contributed by atoms with E-state index in [2.05, 4.69) is 0 Å². The summed E-state index contributed by atoms with van der Waals surface area (Å²) in [4.78, 5) is 12.2. The number of carbonyl (C=O) groups is 1. The summed E-state index contributed by atoms with van der Waals surface area (Å²) >= 11 is 3.89. The molecular formula is C21H22O5S2. The third-order valence-corrected chi connectivity index (χ3v) is 7.20. The molecule has 1 saturated heterocycles. The van der Waals surface area contributed by atoms with E-state index in [9.17, 15) is 4.79 Å². The summed E-state index contributed by atoms with van der Waals surface area (Å²) < 4.78 is 21.8. The number of carbonyl (C=O) groups excluding carboxylic acids is 1. The summed E-state index contributed by atoms with van der Waals surface area (Å²) in [6.45, 7) is 0. The molecule has 0 amide bonds. The Morgan fingerprint density at radius 2 is 1.57 bits per heavy atom. The molecule has 2 aromatic rings. The predicted molar refractivity (Wildman–Crippen MR) is 115 cm³/mol. The van der Waals surface area contributed by atoms with Gasteiger partial charge in [0.25, 0.3) is 0 Å². The van der Waals surface area contributed by atoms with Crippen LogP contribution in [0.1, 0.15) is 15.7 Å². The summed E-state index contributed by atoms with van der Waals surface area (Å²) in [7, 11) is 4.64. The van der Waals surface area contributed by atoms with Crippen molar-refractivity contribution >= 4 is 35.6 Å². The molecule has 1 heterocycles. The fourth-order valence-electron chi connectivity index (χ4n) is 2.76. The number of hydrogen-bond donors (Lipinski definition) is 0. The molecule has 0 bridgehead atoms. The zero-order chi connectivity index (χ0) is 19.9. The Bertz CT molecular complexity index is 817. The van der Waals surface area contributed by atoms with Crippen LogP contribution in [0.5, 0.6) is 23.0 Å². The van der Waals surface area contributed by atoms with Gasteiger partial charge in [-0.15, -0.1) is 23.5 Å². The van der Waals surface area contributed by atoms with Crippen LogP contribution in [0.2, 0.25) is 0 Å². The minimum Gasteiger partial charge on any atom is -0.493 e. The molecule has 5 nitrogen and oxygen atoms in total. The van der Waals surface area contributed by atoms with Crippen LogP contribution >= 0.6 is 23.5 Å². The fourth-order valence-corrected chi connectivity index (χ4v) is 5.62. The second-order valence-corrected chi connectivity index (χ2v) is 8.58. The summed E-state index contributed by atoms with van der Waals surface area (Å²) in [5, 5.41) is 0. The molecular weight excluding hydrogens is 396 g/mol. The highest BCUT2D eigenvalue weighted by Crippen LogP contribution is 2.45. The van der Waals surface area contributed by atoms with E-state index in [1.165, 1.54) is 23.1 Å². The average Bonchev–Trinajstić information content (AvgIpc) is 3.26. The second-order valence-electron chi connectivity index (χ2n) is 5.86. The SMILES string of the molecule is COc1cc(/C=C/C(=O)Oc2ccc(C3SCCS3)cc2)cc(OC)c1OC. The average molecular weight is 419 g/mol. The van der Waals surface area contributed by atoms with Crippen LogP contribution in [-0.4, -0.2) is 38.8 Å². The zero-order valence-electron chi connectivity index (χ0n) is 16.0. The Hall–Kier alpha value is -2.25. The lowest BCUT2D eigenvalue weighted by Crippen LogP contribution is -2.03. The molecule has 0 radical (unpaired) electrons. The van der Waals surface area contributed by atoms with E-state index >= 15 is 0 Å². The third-order valence-electron chi connectivity index (χ3n) is 4.09. The van der Waals surface area contributed by atoms with Gasteiger partial charge in [-0.25, -0.2) is 4.79 Å². The van der Waals surface area contributed by atoms with Crippen molar-refractivity contribution in [3.63, 3.8) is 0 Å². The molecule has 0 aliphatic carbocycles. The number of ether oxygens (including phenoxy) is 4. The van der Waals surface area contributed by atoms with Gasteiger partial charge in [-0.05, 0) is 41.5 Å². The van der Waals surface area contributed by atoms with E-state index in [1.54, 1.807) is 39.5 Å². The van der Waals surface area contributed by atoms with Gasteiger partial charge in [0, 0.05) is 17.6 Å². The minimum atomic E-state index is -0.453. The largest absolute Gasteiger partial charge is 0.493 e. The van der Waals surface area contributed by atoms with Crippen LogP contribution in [0.25, 0.3) is 6.08 Å². The van der Waals surface area contributed by atoms with Crippen molar-refractivity contribution in [3.8, 4) is 23.0 Å². The van der Waals surface area contributed by atoms with Crippen molar-refractivity contribution in [1.82, 2.24) is 0 Å². The van der Waals surface area contributed by atoms with E-state index in [0.29, 0.717) is 27.6 Å².